The van der Waals surface area contributed by atoms with Gasteiger partial charge in [0.25, 0.3) is 0 Å². The molecule has 0 fully saturated rings. The Labute approximate surface area is 118 Å². The van der Waals surface area contributed by atoms with Gasteiger partial charge in [-0.1, -0.05) is 13.8 Å². The van der Waals surface area contributed by atoms with E-state index in [1.807, 2.05) is 12.1 Å². The second-order valence-corrected chi connectivity index (χ2v) is 4.65. The van der Waals surface area contributed by atoms with Crippen molar-refractivity contribution in [3.8, 4) is 12.1 Å². The smallest absolute Gasteiger partial charge is 0.0992 e. The van der Waals surface area contributed by atoms with Gasteiger partial charge in [0, 0.05) is 17.7 Å². The van der Waals surface area contributed by atoms with Crippen molar-refractivity contribution >= 4 is 0 Å². The van der Waals surface area contributed by atoms with Gasteiger partial charge in [0.1, 0.15) is 0 Å². The normalized spacial score (nSPS) is 10.0. The van der Waals surface area contributed by atoms with Gasteiger partial charge in [-0.25, -0.2) is 0 Å². The fourth-order valence-electron chi connectivity index (χ4n) is 2.36. The van der Waals surface area contributed by atoms with E-state index in [1.54, 1.807) is 6.07 Å². The van der Waals surface area contributed by atoms with Crippen LogP contribution in [0.4, 0.5) is 0 Å². The van der Waals surface area contributed by atoms with Gasteiger partial charge in [0.05, 0.1) is 29.0 Å². The van der Waals surface area contributed by atoms with E-state index in [9.17, 15) is 0 Å². The number of aromatic amines is 1. The molecular weight excluding hydrogens is 248 g/mol. The Morgan fingerprint density at radius 3 is 2.20 bits per heavy atom. The lowest BCUT2D eigenvalue weighted by molar-refractivity contribution is 0.936. The number of benzene rings is 1. The van der Waals surface area contributed by atoms with Gasteiger partial charge in [0.2, 0.25) is 0 Å². The third-order valence-corrected chi connectivity index (χ3v) is 3.36. The molecule has 1 aromatic carbocycles. The number of H-pyrrole nitrogens is 1. The second kappa shape index (κ2) is 6.04. The van der Waals surface area contributed by atoms with Crippen molar-refractivity contribution in [3.63, 3.8) is 0 Å². The zero-order valence-electron chi connectivity index (χ0n) is 11.7. The summed E-state index contributed by atoms with van der Waals surface area (Å²) in [4.78, 5) is 0. The quantitative estimate of drug-likeness (QED) is 0.922. The fourth-order valence-corrected chi connectivity index (χ4v) is 2.36. The molecule has 2 aromatic rings. The Hall–Kier alpha value is -2.59. The third-order valence-electron chi connectivity index (χ3n) is 3.36. The van der Waals surface area contributed by atoms with Crippen LogP contribution in [0.3, 0.4) is 0 Å². The molecule has 4 heteroatoms. The molecule has 1 aromatic heterocycles. The summed E-state index contributed by atoms with van der Waals surface area (Å²) >= 11 is 0. The lowest BCUT2D eigenvalue weighted by Gasteiger charge is -2.05. The van der Waals surface area contributed by atoms with E-state index in [1.165, 1.54) is 5.56 Å². The monoisotopic (exact) mass is 264 g/mol. The summed E-state index contributed by atoms with van der Waals surface area (Å²) in [5.41, 5.74) is 5.41. The molecule has 4 nitrogen and oxygen atoms in total. The molecule has 0 bridgehead atoms. The maximum atomic E-state index is 9.03. The van der Waals surface area contributed by atoms with Crippen molar-refractivity contribution in [2.24, 2.45) is 0 Å². The van der Waals surface area contributed by atoms with Crippen LogP contribution >= 0.6 is 0 Å². The van der Waals surface area contributed by atoms with E-state index >= 15 is 0 Å². The Kier molecular flexibility index (Phi) is 4.17. The lowest BCUT2D eigenvalue weighted by atomic mass is 9.97. The van der Waals surface area contributed by atoms with E-state index < -0.39 is 0 Å². The third kappa shape index (κ3) is 2.70. The SMILES string of the molecule is CCc1n[nH]c(CC)c1Cc1cc(C#N)cc(C#N)c1. The van der Waals surface area contributed by atoms with Gasteiger partial charge in [-0.15, -0.1) is 0 Å². The van der Waals surface area contributed by atoms with E-state index in [0.717, 1.165) is 29.8 Å². The molecule has 100 valence electrons. The standard InChI is InChI=1S/C16H16N4/c1-3-15-14(16(4-2)20-19-15)8-11-5-12(9-17)7-13(6-11)10-18/h5-7H,3-4,8H2,1-2H3,(H,19,20). The highest BCUT2D eigenvalue weighted by Gasteiger charge is 2.12. The minimum atomic E-state index is 0.527. The summed E-state index contributed by atoms with van der Waals surface area (Å²) in [6.07, 6.45) is 2.47. The van der Waals surface area contributed by atoms with E-state index in [-0.39, 0.29) is 0 Å². The van der Waals surface area contributed by atoms with Crippen molar-refractivity contribution in [3.05, 3.63) is 51.8 Å². The first kappa shape index (κ1) is 13.8. The summed E-state index contributed by atoms with van der Waals surface area (Å²) in [6.45, 7) is 4.16. The Morgan fingerprint density at radius 2 is 1.70 bits per heavy atom. The molecule has 2 rings (SSSR count). The van der Waals surface area contributed by atoms with Crippen LogP contribution in [0.15, 0.2) is 18.2 Å². The molecule has 0 aliphatic rings. The van der Waals surface area contributed by atoms with E-state index in [0.29, 0.717) is 17.5 Å². The zero-order chi connectivity index (χ0) is 14.5. The van der Waals surface area contributed by atoms with E-state index in [2.05, 4.69) is 36.2 Å². The molecule has 1 heterocycles. The Balaban J connectivity index is 2.42. The second-order valence-electron chi connectivity index (χ2n) is 4.65. The predicted octanol–water partition coefficient (Wildman–Crippen LogP) is 2.87. The first-order valence-corrected chi connectivity index (χ1v) is 6.70. The highest BCUT2D eigenvalue weighted by molar-refractivity contribution is 5.44. The topological polar surface area (TPSA) is 76.3 Å². The van der Waals surface area contributed by atoms with Gasteiger partial charge in [-0.3, -0.25) is 5.10 Å². The Bertz CT molecular complexity index is 644. The minimum Gasteiger partial charge on any atom is -0.282 e. The number of hydrogen-bond donors (Lipinski definition) is 1. The van der Waals surface area contributed by atoms with Crippen LogP contribution in [0.5, 0.6) is 0 Å². The molecular formula is C16H16N4. The van der Waals surface area contributed by atoms with Crippen molar-refractivity contribution in [1.29, 1.82) is 10.5 Å². The lowest BCUT2D eigenvalue weighted by Crippen LogP contribution is -1.97. The number of aromatic nitrogens is 2. The van der Waals surface area contributed by atoms with Crippen molar-refractivity contribution in [1.82, 2.24) is 10.2 Å². The minimum absolute atomic E-state index is 0.527. The number of rotatable bonds is 4. The average Bonchev–Trinajstić information content (AvgIpc) is 2.88. The first-order chi connectivity index (χ1) is 9.71. The molecule has 0 aliphatic heterocycles. The highest BCUT2D eigenvalue weighted by Crippen LogP contribution is 2.19. The van der Waals surface area contributed by atoms with Gasteiger partial charge in [-0.2, -0.15) is 15.6 Å². The Morgan fingerprint density at radius 1 is 1.05 bits per heavy atom. The molecule has 0 saturated heterocycles. The summed E-state index contributed by atoms with van der Waals surface area (Å²) in [6, 6.07) is 9.50. The van der Waals surface area contributed by atoms with Gasteiger partial charge < -0.3 is 0 Å². The molecule has 0 amide bonds. The van der Waals surface area contributed by atoms with Crippen LogP contribution < -0.4 is 0 Å². The van der Waals surface area contributed by atoms with Gasteiger partial charge in [-0.05, 0) is 36.6 Å². The van der Waals surface area contributed by atoms with Crippen LogP contribution in [-0.4, -0.2) is 10.2 Å². The van der Waals surface area contributed by atoms with Gasteiger partial charge in [0.15, 0.2) is 0 Å². The molecule has 20 heavy (non-hydrogen) atoms. The summed E-state index contributed by atoms with van der Waals surface area (Å²) in [5.74, 6) is 0. The molecule has 0 saturated carbocycles. The number of aryl methyl sites for hydroxylation is 2. The van der Waals surface area contributed by atoms with E-state index in [4.69, 9.17) is 10.5 Å². The van der Waals surface area contributed by atoms with Crippen LogP contribution in [0.1, 0.15) is 47.5 Å². The maximum absolute atomic E-state index is 9.03. The molecule has 0 unspecified atom stereocenters. The number of hydrogen-bond acceptors (Lipinski definition) is 3. The number of nitrogens with zero attached hydrogens (tertiary/aromatic N) is 3. The fraction of sp³-hybridized carbons (Fsp3) is 0.312. The van der Waals surface area contributed by atoms with Crippen LogP contribution in [0.25, 0.3) is 0 Å². The van der Waals surface area contributed by atoms with Crippen molar-refractivity contribution in [2.45, 2.75) is 33.1 Å². The number of nitriles is 2. The predicted molar refractivity (Wildman–Crippen MR) is 76.0 cm³/mol. The molecule has 0 radical (unpaired) electrons. The molecule has 0 atom stereocenters. The molecule has 1 N–H and O–H groups in total. The van der Waals surface area contributed by atoms with Crippen molar-refractivity contribution in [2.75, 3.05) is 0 Å². The maximum Gasteiger partial charge on any atom is 0.0992 e. The molecule has 0 spiro atoms. The largest absolute Gasteiger partial charge is 0.282 e. The number of nitrogens with one attached hydrogen (secondary N) is 1. The highest BCUT2D eigenvalue weighted by atomic mass is 15.1. The average molecular weight is 264 g/mol. The molecule has 0 aliphatic carbocycles. The van der Waals surface area contributed by atoms with Crippen LogP contribution in [0, 0.1) is 22.7 Å². The summed E-state index contributed by atoms with van der Waals surface area (Å²) < 4.78 is 0. The van der Waals surface area contributed by atoms with Crippen LogP contribution in [-0.2, 0) is 19.3 Å². The van der Waals surface area contributed by atoms with Gasteiger partial charge >= 0.3 is 0 Å². The summed E-state index contributed by atoms with van der Waals surface area (Å²) in [5, 5.41) is 25.5. The van der Waals surface area contributed by atoms with Crippen molar-refractivity contribution < 1.29 is 0 Å². The summed E-state index contributed by atoms with van der Waals surface area (Å²) in [7, 11) is 0. The first-order valence-electron chi connectivity index (χ1n) is 6.70. The van der Waals surface area contributed by atoms with Crippen LogP contribution in [0.2, 0.25) is 0 Å². The zero-order valence-corrected chi connectivity index (χ0v) is 11.7.